The fraction of sp³-hybridized carbons (Fsp3) is 0.0714. The van der Waals surface area contributed by atoms with E-state index in [9.17, 15) is 16.8 Å². The first-order valence-electron chi connectivity index (χ1n) is 12.7. The van der Waals surface area contributed by atoms with E-state index in [1.165, 1.54) is 35.1 Å². The number of benzene rings is 3. The lowest BCUT2D eigenvalue weighted by Crippen LogP contribution is -2.20. The number of nitrogens with zero attached hydrogens (tertiary/aromatic N) is 4. The maximum atomic E-state index is 13.0. The monoisotopic (exact) mass is 634 g/mol. The van der Waals surface area contributed by atoms with E-state index in [0.717, 1.165) is 0 Å². The van der Waals surface area contributed by atoms with Crippen LogP contribution in [0.25, 0.3) is 5.69 Å². The summed E-state index contributed by atoms with van der Waals surface area (Å²) in [5.41, 5.74) is 3.09. The summed E-state index contributed by atoms with van der Waals surface area (Å²) in [6, 6.07) is 24.5. The van der Waals surface area contributed by atoms with Crippen molar-refractivity contribution in [3.8, 4) is 5.69 Å². The number of aromatic nitrogens is 4. The summed E-state index contributed by atoms with van der Waals surface area (Å²) in [6.45, 7) is 3.50. The molecule has 0 saturated carbocycles. The van der Waals surface area contributed by atoms with Gasteiger partial charge in [0.25, 0.3) is 20.0 Å². The molecular formula is C28H26N8O4S3. The number of hydrogen-bond donors (Lipinski definition) is 4. The number of rotatable bonds is 9. The van der Waals surface area contributed by atoms with Gasteiger partial charge in [-0.15, -0.1) is 0 Å². The number of anilines is 4. The highest BCUT2D eigenvalue weighted by Crippen LogP contribution is 2.21. The van der Waals surface area contributed by atoms with Gasteiger partial charge in [-0.1, -0.05) is 18.2 Å². The van der Waals surface area contributed by atoms with E-state index in [4.69, 9.17) is 12.2 Å². The fourth-order valence-electron chi connectivity index (χ4n) is 4.03. The minimum absolute atomic E-state index is 0.00141. The predicted octanol–water partition coefficient (Wildman–Crippen LogP) is 4.69. The Hall–Kier alpha value is -4.86. The number of hydrogen-bond acceptors (Lipinski definition) is 8. The standard InChI is InChI=1S/C28H26N8O4S3/c1-19-18-20(2)31-27(30-19)35-43(39,40)25-14-10-22(11-15-25)33-28(41)32-21-8-12-24(13-9-21)42(37,38)34-26-16-17-29-36(26)23-6-4-3-5-7-23/h3-18,34H,1-2H3,(H,30,31,35)(H2,32,33,41). The van der Waals surface area contributed by atoms with Crippen LogP contribution in [-0.4, -0.2) is 41.7 Å². The van der Waals surface area contributed by atoms with Crippen LogP contribution < -0.4 is 20.1 Å². The molecule has 0 aliphatic carbocycles. The first kappa shape index (κ1) is 29.6. The second kappa shape index (κ2) is 12.2. The summed E-state index contributed by atoms with van der Waals surface area (Å²) in [5, 5.41) is 10.4. The third-order valence-corrected chi connectivity index (χ3v) is 8.85. The fourth-order valence-corrected chi connectivity index (χ4v) is 6.25. The highest BCUT2D eigenvalue weighted by Gasteiger charge is 2.18. The second-order valence-electron chi connectivity index (χ2n) is 9.28. The Labute approximate surface area is 254 Å². The first-order valence-corrected chi connectivity index (χ1v) is 16.1. The lowest BCUT2D eigenvalue weighted by atomic mass is 10.3. The van der Waals surface area contributed by atoms with E-state index < -0.39 is 20.0 Å². The zero-order valence-electron chi connectivity index (χ0n) is 22.9. The van der Waals surface area contributed by atoms with E-state index in [1.807, 2.05) is 30.3 Å². The molecule has 0 unspecified atom stereocenters. The molecule has 0 atom stereocenters. The number of aryl methyl sites for hydroxylation is 2. The molecule has 12 nitrogen and oxygen atoms in total. The highest BCUT2D eigenvalue weighted by atomic mass is 32.2. The third kappa shape index (κ3) is 7.32. The van der Waals surface area contributed by atoms with Gasteiger partial charge in [0.05, 0.1) is 21.7 Å². The average molecular weight is 635 g/mol. The van der Waals surface area contributed by atoms with E-state index in [2.05, 4.69) is 35.1 Å². The van der Waals surface area contributed by atoms with Gasteiger partial charge in [0.2, 0.25) is 5.95 Å². The molecule has 5 rings (SSSR count). The van der Waals surface area contributed by atoms with Gasteiger partial charge >= 0.3 is 0 Å². The van der Waals surface area contributed by atoms with Crippen molar-refractivity contribution >= 4 is 60.5 Å². The Morgan fingerprint density at radius 3 is 1.74 bits per heavy atom. The van der Waals surface area contributed by atoms with Crippen LogP contribution in [0.4, 0.5) is 23.1 Å². The molecule has 2 heterocycles. The van der Waals surface area contributed by atoms with Gasteiger partial charge in [-0.3, -0.25) is 4.72 Å². The molecule has 0 saturated heterocycles. The van der Waals surface area contributed by atoms with E-state index >= 15 is 0 Å². The molecule has 15 heteroatoms. The van der Waals surface area contributed by atoms with Crippen LogP contribution in [0.3, 0.4) is 0 Å². The number of para-hydroxylation sites is 1. The first-order chi connectivity index (χ1) is 20.5. The van der Waals surface area contributed by atoms with Crippen molar-refractivity contribution in [2.75, 3.05) is 20.1 Å². The van der Waals surface area contributed by atoms with Crippen LogP contribution in [-0.2, 0) is 20.0 Å². The Bertz CT molecular complexity index is 1960. The molecule has 3 aromatic carbocycles. The summed E-state index contributed by atoms with van der Waals surface area (Å²) >= 11 is 5.37. The van der Waals surface area contributed by atoms with E-state index in [1.54, 1.807) is 50.2 Å². The van der Waals surface area contributed by atoms with Gasteiger partial charge in [-0.2, -0.15) is 5.10 Å². The minimum atomic E-state index is -3.90. The third-order valence-electron chi connectivity index (χ3n) is 5.94. The summed E-state index contributed by atoms with van der Waals surface area (Å²) in [6.07, 6.45) is 1.51. The van der Waals surface area contributed by atoms with Crippen molar-refractivity contribution in [2.24, 2.45) is 0 Å². The molecule has 0 amide bonds. The van der Waals surface area contributed by atoms with Crippen molar-refractivity contribution in [3.05, 3.63) is 109 Å². The molecule has 0 aliphatic rings. The normalized spacial score (nSPS) is 11.5. The average Bonchev–Trinajstić information content (AvgIpc) is 3.40. The van der Waals surface area contributed by atoms with Crippen LogP contribution in [0, 0.1) is 13.8 Å². The molecule has 0 aliphatic heterocycles. The molecule has 0 fully saturated rings. The number of sulfonamides is 2. The molecule has 5 aromatic rings. The van der Waals surface area contributed by atoms with Gasteiger partial charge in [0.1, 0.15) is 5.82 Å². The molecule has 0 spiro atoms. The van der Waals surface area contributed by atoms with Crippen LogP contribution >= 0.6 is 12.2 Å². The van der Waals surface area contributed by atoms with Gasteiger partial charge in [-0.25, -0.2) is 36.2 Å². The Morgan fingerprint density at radius 1 is 0.698 bits per heavy atom. The zero-order valence-corrected chi connectivity index (χ0v) is 25.3. The lowest BCUT2D eigenvalue weighted by molar-refractivity contribution is 0.599. The van der Waals surface area contributed by atoms with Gasteiger partial charge in [-0.05, 0) is 92.8 Å². The van der Waals surface area contributed by atoms with Crippen LogP contribution in [0.15, 0.2) is 107 Å². The van der Waals surface area contributed by atoms with E-state index in [-0.39, 0.29) is 20.9 Å². The molecule has 220 valence electrons. The predicted molar refractivity (Wildman–Crippen MR) is 169 cm³/mol. The van der Waals surface area contributed by atoms with E-state index in [0.29, 0.717) is 34.3 Å². The summed E-state index contributed by atoms with van der Waals surface area (Å²) in [7, 11) is -7.80. The van der Waals surface area contributed by atoms with Crippen molar-refractivity contribution in [1.82, 2.24) is 19.7 Å². The van der Waals surface area contributed by atoms with Crippen LogP contribution in [0.5, 0.6) is 0 Å². The molecule has 4 N–H and O–H groups in total. The summed E-state index contributed by atoms with van der Waals surface area (Å²) in [5.74, 6) is 0.297. The number of nitrogens with one attached hydrogen (secondary N) is 4. The summed E-state index contributed by atoms with van der Waals surface area (Å²) in [4.78, 5) is 8.30. The Morgan fingerprint density at radius 2 is 1.21 bits per heavy atom. The Balaban J connectivity index is 1.19. The lowest BCUT2D eigenvalue weighted by Gasteiger charge is -2.13. The molecule has 43 heavy (non-hydrogen) atoms. The smallest absolute Gasteiger partial charge is 0.264 e. The largest absolute Gasteiger partial charge is 0.332 e. The second-order valence-corrected chi connectivity index (χ2v) is 13.1. The van der Waals surface area contributed by atoms with Gasteiger partial charge in [0.15, 0.2) is 5.11 Å². The number of thiocarbonyl (C=S) groups is 1. The van der Waals surface area contributed by atoms with Crippen molar-refractivity contribution in [2.45, 2.75) is 23.6 Å². The van der Waals surface area contributed by atoms with Crippen molar-refractivity contribution in [3.63, 3.8) is 0 Å². The highest BCUT2D eigenvalue weighted by molar-refractivity contribution is 7.93. The molecule has 0 radical (unpaired) electrons. The molecular weight excluding hydrogens is 609 g/mol. The SMILES string of the molecule is Cc1cc(C)nc(NS(=O)(=O)c2ccc(NC(=S)Nc3ccc(S(=O)(=O)Nc4ccnn4-c4ccccc4)cc3)cc2)n1. The summed E-state index contributed by atoms with van der Waals surface area (Å²) < 4.78 is 58.0. The maximum Gasteiger partial charge on any atom is 0.264 e. The topological polar surface area (TPSA) is 160 Å². The van der Waals surface area contributed by atoms with Crippen molar-refractivity contribution in [1.29, 1.82) is 0 Å². The van der Waals surface area contributed by atoms with Crippen LogP contribution in [0.1, 0.15) is 11.4 Å². The molecule has 2 aromatic heterocycles. The zero-order chi connectivity index (χ0) is 30.6. The van der Waals surface area contributed by atoms with Gasteiger partial charge in [0, 0.05) is 28.8 Å². The van der Waals surface area contributed by atoms with Crippen molar-refractivity contribution < 1.29 is 16.8 Å². The molecule has 0 bridgehead atoms. The van der Waals surface area contributed by atoms with Gasteiger partial charge < -0.3 is 10.6 Å². The quantitative estimate of drug-likeness (QED) is 0.168. The maximum absolute atomic E-state index is 13.0. The minimum Gasteiger partial charge on any atom is -0.332 e. The van der Waals surface area contributed by atoms with Crippen LogP contribution in [0.2, 0.25) is 0 Å². The Kier molecular flexibility index (Phi) is 8.38.